The molecule has 0 atom stereocenters. The van der Waals surface area contributed by atoms with Crippen LogP contribution in [0, 0.1) is 6.92 Å². The fraction of sp³-hybridized carbons (Fsp3) is 0.545. The van der Waals surface area contributed by atoms with Gasteiger partial charge in [-0.3, -0.25) is 0 Å². The van der Waals surface area contributed by atoms with Crippen LogP contribution in [0.1, 0.15) is 35.7 Å². The van der Waals surface area contributed by atoms with Gasteiger partial charge in [0.25, 0.3) is 0 Å². The summed E-state index contributed by atoms with van der Waals surface area (Å²) in [7, 11) is 0. The Hall–Kier alpha value is -1.49. The minimum Gasteiger partial charge on any atom is -0.477 e. The van der Waals surface area contributed by atoms with Crippen molar-refractivity contribution in [1.29, 1.82) is 0 Å². The zero-order valence-electron chi connectivity index (χ0n) is 9.73. The molecule has 0 amide bonds. The minimum atomic E-state index is -1.02. The maximum Gasteiger partial charge on any atom is 0.354 e. The van der Waals surface area contributed by atoms with Crippen LogP contribution in [0.3, 0.4) is 0 Å². The van der Waals surface area contributed by atoms with E-state index in [2.05, 4.69) is 9.97 Å². The molecule has 1 heterocycles. The number of carboxylic acid groups (broad SMARTS) is 1. The molecule has 0 aliphatic heterocycles. The van der Waals surface area contributed by atoms with Gasteiger partial charge in [-0.25, -0.2) is 14.8 Å². The summed E-state index contributed by atoms with van der Waals surface area (Å²) in [6.07, 6.45) is 2.21. The third kappa shape index (κ3) is 3.58. The fourth-order valence-corrected chi connectivity index (χ4v) is 1.20. The van der Waals surface area contributed by atoms with Gasteiger partial charge in [0.05, 0.1) is 12.7 Å². The minimum absolute atomic E-state index is 0.0644. The quantitative estimate of drug-likeness (QED) is 0.819. The summed E-state index contributed by atoms with van der Waals surface area (Å²) in [5.41, 5.74) is 0.635. The van der Waals surface area contributed by atoms with Gasteiger partial charge in [0.2, 0.25) is 0 Å². The second kappa shape index (κ2) is 5.55. The van der Waals surface area contributed by atoms with E-state index in [0.29, 0.717) is 24.4 Å². The third-order valence-electron chi connectivity index (χ3n) is 2.00. The molecule has 1 aromatic rings. The number of hydrogen-bond acceptors (Lipinski definition) is 4. The highest BCUT2D eigenvalue weighted by Gasteiger charge is 2.10. The van der Waals surface area contributed by atoms with Gasteiger partial charge in [0.1, 0.15) is 5.82 Å². The number of aryl methyl sites for hydroxylation is 1. The first-order valence-electron chi connectivity index (χ1n) is 5.18. The molecule has 0 fully saturated rings. The van der Waals surface area contributed by atoms with Gasteiger partial charge in [-0.15, -0.1) is 0 Å². The molecule has 0 radical (unpaired) electrons. The van der Waals surface area contributed by atoms with Crippen LogP contribution in [0.25, 0.3) is 0 Å². The Morgan fingerprint density at radius 1 is 1.56 bits per heavy atom. The number of aromatic carboxylic acids is 1. The number of carbonyl (C=O) groups is 1. The van der Waals surface area contributed by atoms with Crippen LogP contribution < -0.4 is 0 Å². The van der Waals surface area contributed by atoms with E-state index in [4.69, 9.17) is 9.84 Å². The van der Waals surface area contributed by atoms with Crippen LogP contribution in [-0.2, 0) is 11.2 Å². The van der Waals surface area contributed by atoms with E-state index in [-0.39, 0.29) is 11.8 Å². The molecule has 88 valence electrons. The van der Waals surface area contributed by atoms with Gasteiger partial charge in [-0.2, -0.15) is 0 Å². The lowest BCUT2D eigenvalue weighted by molar-refractivity contribution is 0.0685. The molecule has 5 heteroatoms. The number of hydrogen-bond donors (Lipinski definition) is 1. The van der Waals surface area contributed by atoms with Crippen molar-refractivity contribution in [2.24, 2.45) is 0 Å². The lowest BCUT2D eigenvalue weighted by Gasteiger charge is -2.07. The van der Waals surface area contributed by atoms with Crippen LogP contribution in [-0.4, -0.2) is 33.8 Å². The van der Waals surface area contributed by atoms with Gasteiger partial charge in [-0.05, 0) is 20.8 Å². The largest absolute Gasteiger partial charge is 0.477 e. The van der Waals surface area contributed by atoms with Crippen molar-refractivity contribution >= 4 is 5.97 Å². The summed E-state index contributed by atoms with van der Waals surface area (Å²) in [6.45, 7) is 6.06. The van der Waals surface area contributed by atoms with E-state index in [1.807, 2.05) is 13.8 Å². The monoisotopic (exact) mass is 224 g/mol. The highest BCUT2D eigenvalue weighted by atomic mass is 16.5. The van der Waals surface area contributed by atoms with E-state index in [1.54, 1.807) is 6.92 Å². The molecule has 5 nitrogen and oxygen atoms in total. The van der Waals surface area contributed by atoms with E-state index in [1.165, 1.54) is 6.20 Å². The predicted molar refractivity (Wildman–Crippen MR) is 58.5 cm³/mol. The molecule has 1 N–H and O–H groups in total. The summed E-state index contributed by atoms with van der Waals surface area (Å²) in [5.74, 6) is -0.519. The Kier molecular flexibility index (Phi) is 4.37. The summed E-state index contributed by atoms with van der Waals surface area (Å²) in [6, 6.07) is 0. The van der Waals surface area contributed by atoms with Crippen molar-refractivity contribution in [2.45, 2.75) is 33.3 Å². The second-order valence-corrected chi connectivity index (χ2v) is 3.79. The first kappa shape index (κ1) is 12.6. The van der Waals surface area contributed by atoms with Crippen LogP contribution in [0.15, 0.2) is 6.20 Å². The molecular weight excluding hydrogens is 208 g/mol. The summed E-state index contributed by atoms with van der Waals surface area (Å²) >= 11 is 0. The molecule has 0 aromatic carbocycles. The van der Waals surface area contributed by atoms with Gasteiger partial charge < -0.3 is 9.84 Å². The van der Waals surface area contributed by atoms with E-state index < -0.39 is 5.97 Å². The molecule has 0 aliphatic carbocycles. The topological polar surface area (TPSA) is 72.3 Å². The molecular formula is C11H16N2O3. The van der Waals surface area contributed by atoms with Gasteiger partial charge in [0.15, 0.2) is 5.69 Å². The lowest BCUT2D eigenvalue weighted by Crippen LogP contribution is -2.11. The Morgan fingerprint density at radius 2 is 2.25 bits per heavy atom. The molecule has 16 heavy (non-hydrogen) atoms. The molecule has 0 aliphatic rings. The van der Waals surface area contributed by atoms with E-state index in [9.17, 15) is 4.79 Å². The molecule has 1 aromatic heterocycles. The van der Waals surface area contributed by atoms with Crippen molar-refractivity contribution in [2.75, 3.05) is 6.61 Å². The Labute approximate surface area is 94.5 Å². The third-order valence-corrected chi connectivity index (χ3v) is 2.00. The summed E-state index contributed by atoms with van der Waals surface area (Å²) in [4.78, 5) is 18.9. The maximum atomic E-state index is 10.8. The fourth-order valence-electron chi connectivity index (χ4n) is 1.20. The van der Waals surface area contributed by atoms with E-state index in [0.717, 1.165) is 0 Å². The van der Waals surface area contributed by atoms with Crippen LogP contribution in [0.5, 0.6) is 0 Å². The van der Waals surface area contributed by atoms with Crippen LogP contribution >= 0.6 is 0 Å². The molecule has 0 unspecified atom stereocenters. The van der Waals surface area contributed by atoms with Gasteiger partial charge >= 0.3 is 5.97 Å². The molecule has 1 rings (SSSR count). The van der Waals surface area contributed by atoms with Crippen molar-refractivity contribution in [1.82, 2.24) is 9.97 Å². The first-order chi connectivity index (χ1) is 7.50. The smallest absolute Gasteiger partial charge is 0.354 e. The summed E-state index contributed by atoms with van der Waals surface area (Å²) in [5, 5.41) is 8.88. The number of rotatable bonds is 5. The number of aromatic nitrogens is 2. The van der Waals surface area contributed by atoms with Crippen molar-refractivity contribution in [3.63, 3.8) is 0 Å². The summed E-state index contributed by atoms with van der Waals surface area (Å²) < 4.78 is 5.35. The number of nitrogens with zero attached hydrogens (tertiary/aromatic N) is 2. The molecule has 0 spiro atoms. The lowest BCUT2D eigenvalue weighted by atomic mass is 10.2. The molecule has 0 saturated heterocycles. The van der Waals surface area contributed by atoms with Gasteiger partial charge in [0, 0.05) is 18.2 Å². The van der Waals surface area contributed by atoms with Crippen molar-refractivity contribution in [3.05, 3.63) is 23.3 Å². The Balaban J connectivity index is 2.68. The van der Waals surface area contributed by atoms with Crippen LogP contribution in [0.4, 0.5) is 0 Å². The van der Waals surface area contributed by atoms with Gasteiger partial charge in [-0.1, -0.05) is 0 Å². The maximum absolute atomic E-state index is 10.8. The number of ether oxygens (including phenoxy) is 1. The first-order valence-corrected chi connectivity index (χ1v) is 5.18. The normalized spacial score (nSPS) is 10.8. The highest BCUT2D eigenvalue weighted by Crippen LogP contribution is 2.04. The second-order valence-electron chi connectivity index (χ2n) is 3.79. The average Bonchev–Trinajstić information content (AvgIpc) is 2.19. The number of carboxylic acids is 1. The predicted octanol–water partition coefficient (Wildman–Crippen LogP) is 1.45. The highest BCUT2D eigenvalue weighted by molar-refractivity contribution is 5.86. The zero-order chi connectivity index (χ0) is 12.1. The van der Waals surface area contributed by atoms with Crippen molar-refractivity contribution < 1.29 is 14.6 Å². The Morgan fingerprint density at radius 3 is 2.81 bits per heavy atom. The average molecular weight is 224 g/mol. The molecule has 0 bridgehead atoms. The Bertz CT molecular complexity index is 377. The molecule has 0 saturated carbocycles. The van der Waals surface area contributed by atoms with Crippen molar-refractivity contribution in [3.8, 4) is 0 Å². The van der Waals surface area contributed by atoms with Crippen LogP contribution in [0.2, 0.25) is 0 Å². The standard InChI is InChI=1S/C11H16N2O3/c1-7(2)16-5-4-9-12-6-8(3)10(13-9)11(14)15/h6-7H,4-5H2,1-3H3,(H,14,15). The SMILES string of the molecule is Cc1cnc(CCOC(C)C)nc1C(=O)O. The van der Waals surface area contributed by atoms with E-state index >= 15 is 0 Å². The zero-order valence-corrected chi connectivity index (χ0v) is 9.73.